The average molecular weight is 443 g/mol. The SMILES string of the molecule is C=C(/C=C(/F)C(=C)OC)OCC1CCC(c2ccc(-c3ccc(C)cc3)c(F)c2F)CC1. The summed E-state index contributed by atoms with van der Waals surface area (Å²) in [5, 5.41) is 0. The Kier molecular flexibility index (Phi) is 7.84. The lowest BCUT2D eigenvalue weighted by Gasteiger charge is -2.29. The van der Waals surface area contributed by atoms with Crippen molar-refractivity contribution in [3.63, 3.8) is 0 Å². The van der Waals surface area contributed by atoms with Crippen LogP contribution >= 0.6 is 0 Å². The second kappa shape index (κ2) is 10.6. The summed E-state index contributed by atoms with van der Waals surface area (Å²) >= 11 is 0. The molecule has 2 aromatic carbocycles. The third-order valence-electron chi connectivity index (χ3n) is 6.07. The van der Waals surface area contributed by atoms with E-state index in [0.717, 1.165) is 37.3 Å². The number of halogens is 3. The van der Waals surface area contributed by atoms with E-state index in [9.17, 15) is 13.2 Å². The molecule has 3 rings (SSSR count). The van der Waals surface area contributed by atoms with Crippen LogP contribution in [0.2, 0.25) is 0 Å². The van der Waals surface area contributed by atoms with Gasteiger partial charge < -0.3 is 9.47 Å². The summed E-state index contributed by atoms with van der Waals surface area (Å²) in [4.78, 5) is 0. The van der Waals surface area contributed by atoms with Crippen molar-refractivity contribution in [2.24, 2.45) is 5.92 Å². The second-order valence-electron chi connectivity index (χ2n) is 8.31. The van der Waals surface area contributed by atoms with Crippen molar-refractivity contribution in [2.75, 3.05) is 13.7 Å². The standard InChI is InChI=1S/C27H29F3O2/c1-17-5-9-21(10-6-17)23-13-14-24(27(30)26(23)29)22-11-7-20(8-12-22)16-32-18(2)15-25(28)19(3)31-4/h5-6,9-10,13-15,20,22H,2-3,7-8,11-12,16H2,1,4H3/b25-15+. The van der Waals surface area contributed by atoms with Crippen molar-refractivity contribution >= 4 is 0 Å². The van der Waals surface area contributed by atoms with Crippen LogP contribution in [0, 0.1) is 24.5 Å². The highest BCUT2D eigenvalue weighted by molar-refractivity contribution is 5.65. The van der Waals surface area contributed by atoms with E-state index >= 15 is 0 Å². The van der Waals surface area contributed by atoms with Crippen LogP contribution in [0.5, 0.6) is 0 Å². The molecular formula is C27H29F3O2. The van der Waals surface area contributed by atoms with Crippen LogP contribution in [0.25, 0.3) is 11.1 Å². The summed E-state index contributed by atoms with van der Waals surface area (Å²) in [7, 11) is 1.34. The van der Waals surface area contributed by atoms with Gasteiger partial charge in [-0.3, -0.25) is 0 Å². The molecule has 1 saturated carbocycles. The lowest BCUT2D eigenvalue weighted by Crippen LogP contribution is -2.18. The quantitative estimate of drug-likeness (QED) is 0.307. The molecule has 0 heterocycles. The molecule has 0 aromatic heterocycles. The lowest BCUT2D eigenvalue weighted by molar-refractivity contribution is 0.144. The first kappa shape index (κ1) is 23.7. The molecule has 0 saturated heterocycles. The first-order chi connectivity index (χ1) is 15.3. The van der Waals surface area contributed by atoms with Gasteiger partial charge in [0.25, 0.3) is 0 Å². The lowest BCUT2D eigenvalue weighted by atomic mass is 9.78. The fourth-order valence-corrected chi connectivity index (χ4v) is 4.06. The minimum absolute atomic E-state index is 0.0293. The van der Waals surface area contributed by atoms with E-state index in [1.165, 1.54) is 7.11 Å². The van der Waals surface area contributed by atoms with Gasteiger partial charge in [-0.1, -0.05) is 55.1 Å². The maximum atomic E-state index is 14.9. The van der Waals surface area contributed by atoms with E-state index in [0.29, 0.717) is 17.7 Å². The smallest absolute Gasteiger partial charge is 0.168 e. The Labute approximate surface area is 188 Å². The molecule has 0 spiro atoms. The monoisotopic (exact) mass is 442 g/mol. The first-order valence-corrected chi connectivity index (χ1v) is 10.8. The zero-order valence-electron chi connectivity index (χ0n) is 18.6. The molecule has 0 amide bonds. The molecule has 0 aliphatic heterocycles. The molecule has 0 radical (unpaired) electrons. The van der Waals surface area contributed by atoms with Crippen molar-refractivity contribution in [2.45, 2.75) is 38.5 Å². The fraction of sp³-hybridized carbons (Fsp3) is 0.333. The molecule has 1 fully saturated rings. The van der Waals surface area contributed by atoms with E-state index in [1.807, 2.05) is 19.1 Å². The Morgan fingerprint density at radius 1 is 1.00 bits per heavy atom. The largest absolute Gasteiger partial charge is 0.494 e. The molecule has 32 heavy (non-hydrogen) atoms. The molecular weight excluding hydrogens is 413 g/mol. The molecule has 5 heteroatoms. The maximum absolute atomic E-state index is 14.9. The Bertz CT molecular complexity index is 1000. The van der Waals surface area contributed by atoms with E-state index in [1.54, 1.807) is 24.3 Å². The highest BCUT2D eigenvalue weighted by Gasteiger charge is 2.27. The van der Waals surface area contributed by atoms with Crippen LogP contribution in [0.1, 0.15) is 42.7 Å². The highest BCUT2D eigenvalue weighted by atomic mass is 19.2. The number of methoxy groups -OCH3 is 1. The van der Waals surface area contributed by atoms with Gasteiger partial charge in [0.1, 0.15) is 11.5 Å². The molecule has 2 nitrogen and oxygen atoms in total. The van der Waals surface area contributed by atoms with Crippen LogP contribution in [-0.2, 0) is 9.47 Å². The number of hydrogen-bond donors (Lipinski definition) is 0. The molecule has 0 N–H and O–H groups in total. The average Bonchev–Trinajstić information content (AvgIpc) is 2.80. The topological polar surface area (TPSA) is 18.5 Å². The van der Waals surface area contributed by atoms with Gasteiger partial charge in [0, 0.05) is 11.6 Å². The molecule has 0 atom stereocenters. The Hall–Kier alpha value is -2.95. The summed E-state index contributed by atoms with van der Waals surface area (Å²) in [6.45, 7) is 9.48. The van der Waals surface area contributed by atoms with Gasteiger partial charge in [-0.05, 0) is 55.6 Å². The van der Waals surface area contributed by atoms with Gasteiger partial charge in [-0.2, -0.15) is 0 Å². The van der Waals surface area contributed by atoms with Crippen LogP contribution in [0.4, 0.5) is 13.2 Å². The first-order valence-electron chi connectivity index (χ1n) is 10.8. The van der Waals surface area contributed by atoms with Crippen molar-refractivity contribution in [3.8, 4) is 11.1 Å². The van der Waals surface area contributed by atoms with E-state index in [-0.39, 0.29) is 28.9 Å². The number of ether oxygens (including phenoxy) is 2. The molecule has 1 aliphatic carbocycles. The van der Waals surface area contributed by atoms with Crippen LogP contribution < -0.4 is 0 Å². The Balaban J connectivity index is 1.58. The maximum Gasteiger partial charge on any atom is 0.168 e. The third-order valence-corrected chi connectivity index (χ3v) is 6.07. The predicted molar refractivity (Wildman–Crippen MR) is 122 cm³/mol. The number of allylic oxidation sites excluding steroid dienone is 2. The Morgan fingerprint density at radius 3 is 2.28 bits per heavy atom. The second-order valence-corrected chi connectivity index (χ2v) is 8.31. The molecule has 1 aliphatic rings. The van der Waals surface area contributed by atoms with Gasteiger partial charge in [-0.15, -0.1) is 0 Å². The summed E-state index contributed by atoms with van der Waals surface area (Å²) in [6.07, 6.45) is 4.26. The fourth-order valence-electron chi connectivity index (χ4n) is 4.06. The zero-order chi connectivity index (χ0) is 23.3. The summed E-state index contributed by atoms with van der Waals surface area (Å²) in [6, 6.07) is 10.8. The summed E-state index contributed by atoms with van der Waals surface area (Å²) in [5.41, 5.74) is 2.45. The van der Waals surface area contributed by atoms with E-state index in [4.69, 9.17) is 9.47 Å². The number of benzene rings is 2. The van der Waals surface area contributed by atoms with Crippen molar-refractivity contribution in [3.05, 3.63) is 95.7 Å². The minimum Gasteiger partial charge on any atom is -0.494 e. The molecule has 0 bridgehead atoms. The Morgan fingerprint density at radius 2 is 1.66 bits per heavy atom. The van der Waals surface area contributed by atoms with E-state index < -0.39 is 17.5 Å². The van der Waals surface area contributed by atoms with Crippen molar-refractivity contribution in [1.82, 2.24) is 0 Å². The van der Waals surface area contributed by atoms with Crippen LogP contribution in [-0.4, -0.2) is 13.7 Å². The van der Waals surface area contributed by atoms with Crippen LogP contribution in [0.3, 0.4) is 0 Å². The van der Waals surface area contributed by atoms with Gasteiger partial charge >= 0.3 is 0 Å². The number of aryl methyl sites for hydroxylation is 1. The molecule has 0 unspecified atom stereocenters. The van der Waals surface area contributed by atoms with Crippen LogP contribution in [0.15, 0.2) is 73.0 Å². The highest BCUT2D eigenvalue weighted by Crippen LogP contribution is 2.39. The van der Waals surface area contributed by atoms with Gasteiger partial charge in [0.15, 0.2) is 17.5 Å². The molecule has 170 valence electrons. The van der Waals surface area contributed by atoms with Crippen molar-refractivity contribution in [1.29, 1.82) is 0 Å². The minimum atomic E-state index is -0.792. The number of hydrogen-bond acceptors (Lipinski definition) is 2. The predicted octanol–water partition coefficient (Wildman–Crippen LogP) is 7.76. The van der Waals surface area contributed by atoms with Gasteiger partial charge in [0.2, 0.25) is 0 Å². The molecule has 2 aromatic rings. The zero-order valence-corrected chi connectivity index (χ0v) is 18.6. The normalized spacial score (nSPS) is 18.8. The number of rotatable bonds is 8. The summed E-state index contributed by atoms with van der Waals surface area (Å²) in [5.74, 6) is -1.84. The summed E-state index contributed by atoms with van der Waals surface area (Å²) < 4.78 is 53.7. The van der Waals surface area contributed by atoms with E-state index in [2.05, 4.69) is 13.2 Å². The van der Waals surface area contributed by atoms with Gasteiger partial charge in [0.05, 0.1) is 13.7 Å². The third kappa shape index (κ3) is 5.64. The van der Waals surface area contributed by atoms with Crippen molar-refractivity contribution < 1.29 is 22.6 Å². The van der Waals surface area contributed by atoms with Gasteiger partial charge in [-0.25, -0.2) is 13.2 Å².